The zero-order valence-electron chi connectivity index (χ0n) is 21.5. The number of aryl methyl sites for hydroxylation is 1. The number of fused-ring (bicyclic) bond motifs is 1. The number of nitrogens with zero attached hydrogens (tertiary/aromatic N) is 2. The summed E-state index contributed by atoms with van der Waals surface area (Å²) in [4.78, 5) is 29.2. The van der Waals surface area contributed by atoms with Crippen molar-refractivity contribution < 1.29 is 28.5 Å². The molecule has 1 aliphatic carbocycles. The number of esters is 1. The summed E-state index contributed by atoms with van der Waals surface area (Å²) in [5, 5.41) is 10.6. The molecule has 1 aliphatic rings. The fraction of sp³-hybridized carbons (Fsp3) is 0.500. The molecular weight excluding hydrogens is 483 g/mol. The lowest BCUT2D eigenvalue weighted by Gasteiger charge is -2.31. The van der Waals surface area contributed by atoms with Gasteiger partial charge in [-0.3, -0.25) is 9.78 Å². The lowest BCUT2D eigenvalue weighted by atomic mass is 9.82. The van der Waals surface area contributed by atoms with E-state index in [0.29, 0.717) is 17.7 Å². The van der Waals surface area contributed by atoms with E-state index in [1.807, 2.05) is 0 Å². The van der Waals surface area contributed by atoms with Crippen molar-refractivity contribution in [2.45, 2.75) is 44.7 Å². The molecule has 10 heteroatoms. The largest absolute Gasteiger partial charge is 0.505 e. The van der Waals surface area contributed by atoms with Crippen molar-refractivity contribution in [1.82, 2.24) is 9.55 Å². The van der Waals surface area contributed by atoms with E-state index in [1.54, 1.807) is 31.2 Å². The van der Waals surface area contributed by atoms with Gasteiger partial charge >= 0.3 is 5.97 Å². The summed E-state index contributed by atoms with van der Waals surface area (Å²) in [6.07, 6.45) is 8.50. The summed E-state index contributed by atoms with van der Waals surface area (Å²) in [6.45, 7) is 8.93. The number of hydrogen-bond acceptors (Lipinski definition) is 7. The van der Waals surface area contributed by atoms with Gasteiger partial charge in [-0.2, -0.15) is 0 Å². The first kappa shape index (κ1) is 27.8. The third-order valence-electron chi connectivity index (χ3n) is 6.13. The topological polar surface area (TPSA) is 99.9 Å². The van der Waals surface area contributed by atoms with Crippen LogP contribution in [0.4, 0.5) is 4.39 Å². The molecule has 0 fully saturated rings. The van der Waals surface area contributed by atoms with Crippen molar-refractivity contribution in [1.29, 1.82) is 0 Å². The Balaban J connectivity index is 1.76. The van der Waals surface area contributed by atoms with Gasteiger partial charge in [-0.25, -0.2) is 9.18 Å². The van der Waals surface area contributed by atoms with Crippen molar-refractivity contribution in [2.75, 3.05) is 26.6 Å². The zero-order chi connectivity index (χ0) is 26.5. The number of pyridine rings is 2. The van der Waals surface area contributed by atoms with E-state index < -0.39 is 42.5 Å². The maximum atomic E-state index is 15.9. The number of carbonyl (C=O) groups excluding carboxylic acids is 1. The molecule has 3 rings (SSSR count). The molecule has 8 nitrogen and oxygen atoms in total. The summed E-state index contributed by atoms with van der Waals surface area (Å²) in [6, 6.07) is 2.68. The normalized spacial score (nSPS) is 19.7. The minimum absolute atomic E-state index is 0.0299. The van der Waals surface area contributed by atoms with Gasteiger partial charge in [0.05, 0.1) is 18.7 Å². The summed E-state index contributed by atoms with van der Waals surface area (Å²) >= 11 is 0. The number of allylic oxidation sites excluding steroid dienone is 3. The molecular formula is C26H35FN2O6Si. The van der Waals surface area contributed by atoms with E-state index in [1.165, 1.54) is 23.9 Å². The third-order valence-corrected chi connectivity index (χ3v) is 7.84. The van der Waals surface area contributed by atoms with E-state index in [0.717, 1.165) is 6.04 Å². The molecule has 0 amide bonds. The van der Waals surface area contributed by atoms with E-state index in [2.05, 4.69) is 24.6 Å². The number of aromatic hydroxyl groups is 1. The summed E-state index contributed by atoms with van der Waals surface area (Å²) in [7, 11) is 0.280. The molecule has 0 saturated heterocycles. The maximum absolute atomic E-state index is 15.9. The highest BCUT2D eigenvalue weighted by molar-refractivity contribution is 6.76. The van der Waals surface area contributed by atoms with E-state index >= 15 is 4.39 Å². The molecule has 0 saturated carbocycles. The summed E-state index contributed by atoms with van der Waals surface area (Å²) in [5.74, 6) is -1.97. The van der Waals surface area contributed by atoms with Gasteiger partial charge in [-0.15, -0.1) is 0 Å². The Morgan fingerprint density at radius 2 is 2.03 bits per heavy atom. The van der Waals surface area contributed by atoms with Crippen molar-refractivity contribution >= 4 is 25.1 Å². The molecule has 0 aromatic carbocycles. The van der Waals surface area contributed by atoms with Gasteiger partial charge < -0.3 is 23.9 Å². The van der Waals surface area contributed by atoms with Crippen molar-refractivity contribution in [3.8, 4) is 5.75 Å². The SMILES string of the molecule is CCOC(=O)c1c(O)c2ncc(CC3C=CC=CC3(F)COCOCC[Si](C)(C)C)cc2n(C)c1=O. The molecule has 0 aliphatic heterocycles. The number of hydrogen-bond donors (Lipinski definition) is 1. The van der Waals surface area contributed by atoms with Crippen LogP contribution in [0.1, 0.15) is 22.8 Å². The first-order chi connectivity index (χ1) is 17.0. The quantitative estimate of drug-likeness (QED) is 0.207. The van der Waals surface area contributed by atoms with Gasteiger partial charge in [0.25, 0.3) is 5.56 Å². The monoisotopic (exact) mass is 518 g/mol. The Morgan fingerprint density at radius 3 is 2.72 bits per heavy atom. The zero-order valence-corrected chi connectivity index (χ0v) is 22.5. The van der Waals surface area contributed by atoms with Gasteiger partial charge in [0, 0.05) is 33.8 Å². The van der Waals surface area contributed by atoms with Gasteiger partial charge in [0.1, 0.15) is 12.3 Å². The van der Waals surface area contributed by atoms with E-state index in [4.69, 9.17) is 14.2 Å². The Morgan fingerprint density at radius 1 is 1.28 bits per heavy atom. The molecule has 2 atom stereocenters. The minimum Gasteiger partial charge on any atom is -0.505 e. The molecule has 36 heavy (non-hydrogen) atoms. The molecule has 2 unspecified atom stereocenters. The second-order valence-electron chi connectivity index (χ2n) is 10.2. The molecule has 2 aromatic heterocycles. The number of ether oxygens (including phenoxy) is 3. The number of aromatic nitrogens is 2. The third kappa shape index (κ3) is 6.48. The van der Waals surface area contributed by atoms with Crippen molar-refractivity contribution in [2.24, 2.45) is 13.0 Å². The average molecular weight is 519 g/mol. The fourth-order valence-electron chi connectivity index (χ4n) is 3.97. The summed E-state index contributed by atoms with van der Waals surface area (Å²) < 4.78 is 33.1. The first-order valence-electron chi connectivity index (χ1n) is 12.0. The summed E-state index contributed by atoms with van der Waals surface area (Å²) in [5.41, 5.74) is -1.81. The van der Waals surface area contributed by atoms with Crippen LogP contribution in [0.25, 0.3) is 11.0 Å². The molecule has 0 spiro atoms. The Hall–Kier alpha value is -2.82. The average Bonchev–Trinajstić information content (AvgIpc) is 2.81. The second-order valence-corrected chi connectivity index (χ2v) is 15.8. The predicted molar refractivity (Wildman–Crippen MR) is 139 cm³/mol. The highest BCUT2D eigenvalue weighted by Crippen LogP contribution is 2.33. The molecule has 2 aromatic rings. The van der Waals surface area contributed by atoms with E-state index in [-0.39, 0.29) is 31.9 Å². The highest BCUT2D eigenvalue weighted by Gasteiger charge is 2.37. The van der Waals surface area contributed by atoms with Gasteiger partial charge in [-0.1, -0.05) is 37.9 Å². The molecule has 1 N–H and O–H groups in total. The van der Waals surface area contributed by atoms with Crippen LogP contribution in [0.15, 0.2) is 41.4 Å². The second kappa shape index (κ2) is 11.5. The fourth-order valence-corrected chi connectivity index (χ4v) is 4.72. The number of carbonyl (C=O) groups is 1. The standard InChI is InChI=1S/C26H35FN2O6Si/c1-6-35-25(32)21-23(30)22-20(29(2)24(21)31)14-18(15-28-22)13-19-9-7-8-10-26(19,27)16-34-17-33-11-12-36(3,4)5/h7-10,14-15,19,30H,6,11-13,16-17H2,1-5H3. The molecule has 2 heterocycles. The minimum atomic E-state index is -1.74. The first-order valence-corrected chi connectivity index (χ1v) is 15.8. The Kier molecular flexibility index (Phi) is 8.86. The number of alkyl halides is 1. The number of rotatable bonds is 11. The van der Waals surface area contributed by atoms with Crippen LogP contribution in [-0.2, 0) is 27.7 Å². The van der Waals surface area contributed by atoms with Gasteiger partial charge in [0.2, 0.25) is 0 Å². The van der Waals surface area contributed by atoms with Crippen molar-refractivity contribution in [3.05, 3.63) is 58.0 Å². The molecule has 196 valence electrons. The molecule has 0 bridgehead atoms. The smallest absolute Gasteiger partial charge is 0.347 e. The van der Waals surface area contributed by atoms with Gasteiger partial charge in [0.15, 0.2) is 17.0 Å². The van der Waals surface area contributed by atoms with Crippen LogP contribution < -0.4 is 5.56 Å². The molecule has 0 radical (unpaired) electrons. The van der Waals surface area contributed by atoms with Crippen LogP contribution in [0.3, 0.4) is 0 Å². The van der Waals surface area contributed by atoms with Crippen LogP contribution in [0.2, 0.25) is 25.7 Å². The highest BCUT2D eigenvalue weighted by atomic mass is 28.3. The van der Waals surface area contributed by atoms with Crippen LogP contribution in [0, 0.1) is 5.92 Å². The van der Waals surface area contributed by atoms with Crippen molar-refractivity contribution in [3.63, 3.8) is 0 Å². The van der Waals surface area contributed by atoms with Crippen LogP contribution in [-0.4, -0.2) is 61.0 Å². The lowest BCUT2D eigenvalue weighted by Crippen LogP contribution is -2.38. The van der Waals surface area contributed by atoms with Crippen LogP contribution >= 0.6 is 0 Å². The maximum Gasteiger partial charge on any atom is 0.347 e. The number of halogens is 1. The lowest BCUT2D eigenvalue weighted by molar-refractivity contribution is -0.0839. The Labute approximate surface area is 211 Å². The Bertz CT molecular complexity index is 1220. The predicted octanol–water partition coefficient (Wildman–Crippen LogP) is 4.14. The van der Waals surface area contributed by atoms with E-state index in [9.17, 15) is 14.7 Å². The van der Waals surface area contributed by atoms with Gasteiger partial charge in [-0.05, 0) is 37.1 Å². The van der Waals surface area contributed by atoms with Crippen LogP contribution in [0.5, 0.6) is 5.75 Å².